The van der Waals surface area contributed by atoms with Crippen LogP contribution < -0.4 is 4.74 Å². The summed E-state index contributed by atoms with van der Waals surface area (Å²) in [6.07, 6.45) is 4.01. The van der Waals surface area contributed by atoms with Crippen molar-refractivity contribution in [2.75, 3.05) is 7.11 Å². The van der Waals surface area contributed by atoms with E-state index in [1.807, 2.05) is 19.1 Å². The maximum atomic E-state index is 10.7. The first-order valence-corrected chi connectivity index (χ1v) is 7.53. The van der Waals surface area contributed by atoms with Crippen molar-refractivity contribution in [3.8, 4) is 5.75 Å². The minimum Gasteiger partial charge on any atom is -0.496 e. The average molecular weight is 258 g/mol. The Balaban J connectivity index is 1.56. The van der Waals surface area contributed by atoms with Crippen LogP contribution in [0.5, 0.6) is 5.75 Å². The maximum absolute atomic E-state index is 10.7. The Morgan fingerprint density at radius 1 is 1.21 bits per heavy atom. The normalized spacial score (nSPS) is 40.1. The van der Waals surface area contributed by atoms with Crippen LogP contribution in [0.1, 0.15) is 36.5 Å². The van der Waals surface area contributed by atoms with Gasteiger partial charge < -0.3 is 9.84 Å². The molecule has 1 aromatic rings. The summed E-state index contributed by atoms with van der Waals surface area (Å²) in [5, 5.41) is 10.7. The first kappa shape index (κ1) is 11.8. The first-order valence-electron chi connectivity index (χ1n) is 7.53. The van der Waals surface area contributed by atoms with E-state index in [0.717, 1.165) is 40.5 Å². The zero-order chi connectivity index (χ0) is 13.1. The summed E-state index contributed by atoms with van der Waals surface area (Å²) in [7, 11) is 1.70. The molecule has 0 spiro atoms. The maximum Gasteiger partial charge on any atom is 0.121 e. The van der Waals surface area contributed by atoms with E-state index >= 15 is 0 Å². The van der Waals surface area contributed by atoms with Crippen LogP contribution in [0, 0.1) is 36.5 Å². The van der Waals surface area contributed by atoms with Crippen LogP contribution >= 0.6 is 0 Å². The molecule has 0 radical (unpaired) electrons. The fourth-order valence-electron chi connectivity index (χ4n) is 5.12. The molecule has 2 bridgehead atoms. The second kappa shape index (κ2) is 3.99. The average Bonchev–Trinajstić information content (AvgIpc) is 2.85. The molecule has 0 aliphatic heterocycles. The van der Waals surface area contributed by atoms with Crippen molar-refractivity contribution in [3.63, 3.8) is 0 Å². The third kappa shape index (κ3) is 1.59. The third-order valence-electron chi connectivity index (χ3n) is 5.92. The zero-order valence-corrected chi connectivity index (χ0v) is 11.7. The number of ether oxygens (including phenoxy) is 1. The largest absolute Gasteiger partial charge is 0.496 e. The molecule has 3 fully saturated rings. The van der Waals surface area contributed by atoms with Crippen LogP contribution in [-0.4, -0.2) is 12.2 Å². The SMILES string of the molecule is COc1ccc(C(O)C2C3C4CCC(C4)C32)cc1C. The Hall–Kier alpha value is -1.02. The Morgan fingerprint density at radius 2 is 1.89 bits per heavy atom. The second-order valence-electron chi connectivity index (χ2n) is 6.74. The summed E-state index contributed by atoms with van der Waals surface area (Å²) < 4.78 is 5.29. The van der Waals surface area contributed by atoms with Gasteiger partial charge in [-0.3, -0.25) is 0 Å². The van der Waals surface area contributed by atoms with Gasteiger partial charge >= 0.3 is 0 Å². The predicted molar refractivity (Wildman–Crippen MR) is 74.0 cm³/mol. The summed E-state index contributed by atoms with van der Waals surface area (Å²) in [4.78, 5) is 0. The van der Waals surface area contributed by atoms with Crippen molar-refractivity contribution >= 4 is 0 Å². The lowest BCUT2D eigenvalue weighted by Crippen LogP contribution is -2.08. The quantitative estimate of drug-likeness (QED) is 0.901. The van der Waals surface area contributed by atoms with Gasteiger partial charge in [-0.05, 0) is 79.0 Å². The molecule has 1 N–H and O–H groups in total. The van der Waals surface area contributed by atoms with E-state index in [9.17, 15) is 5.11 Å². The monoisotopic (exact) mass is 258 g/mol. The minimum absolute atomic E-state index is 0.261. The number of aliphatic hydroxyl groups excluding tert-OH is 1. The van der Waals surface area contributed by atoms with Crippen LogP contribution in [0.3, 0.4) is 0 Å². The molecule has 3 aliphatic carbocycles. The fourth-order valence-corrected chi connectivity index (χ4v) is 5.12. The molecular formula is C17H22O2. The molecule has 2 nitrogen and oxygen atoms in total. The first-order chi connectivity index (χ1) is 9.20. The van der Waals surface area contributed by atoms with E-state index in [2.05, 4.69) is 6.07 Å². The number of hydrogen-bond donors (Lipinski definition) is 1. The zero-order valence-electron chi connectivity index (χ0n) is 11.7. The number of fused-ring (bicyclic) bond motifs is 5. The topological polar surface area (TPSA) is 29.5 Å². The van der Waals surface area contributed by atoms with Crippen molar-refractivity contribution < 1.29 is 9.84 Å². The summed E-state index contributed by atoms with van der Waals surface area (Å²) in [5.74, 6) is 4.96. The molecule has 2 heteroatoms. The van der Waals surface area contributed by atoms with Crippen LogP contribution in [0.4, 0.5) is 0 Å². The lowest BCUT2D eigenvalue weighted by molar-refractivity contribution is 0.130. The highest BCUT2D eigenvalue weighted by molar-refractivity contribution is 5.38. The molecule has 5 atom stereocenters. The number of aliphatic hydroxyl groups is 1. The molecule has 4 rings (SSSR count). The molecule has 19 heavy (non-hydrogen) atoms. The Kier molecular flexibility index (Phi) is 2.47. The summed E-state index contributed by atoms with van der Waals surface area (Å²) in [5.41, 5.74) is 2.20. The van der Waals surface area contributed by atoms with Gasteiger partial charge in [0.2, 0.25) is 0 Å². The second-order valence-corrected chi connectivity index (χ2v) is 6.74. The predicted octanol–water partition coefficient (Wildman–Crippen LogP) is 3.33. The summed E-state index contributed by atoms with van der Waals surface area (Å²) >= 11 is 0. The molecule has 0 saturated heterocycles. The molecule has 0 aromatic heterocycles. The molecular weight excluding hydrogens is 236 g/mol. The Labute approximate surface area is 114 Å². The lowest BCUT2D eigenvalue weighted by Gasteiger charge is -2.17. The van der Waals surface area contributed by atoms with Crippen LogP contribution in [0.2, 0.25) is 0 Å². The van der Waals surface area contributed by atoms with Crippen LogP contribution in [0.15, 0.2) is 18.2 Å². The van der Waals surface area contributed by atoms with Crippen molar-refractivity contribution in [1.82, 2.24) is 0 Å². The third-order valence-corrected chi connectivity index (χ3v) is 5.92. The standard InChI is InChI=1S/C17H22O2/c1-9-7-12(5-6-13(9)19-2)17(18)16-14-10-3-4-11(8-10)15(14)16/h5-7,10-11,14-18H,3-4,8H2,1-2H3. The molecule has 102 valence electrons. The highest BCUT2D eigenvalue weighted by Crippen LogP contribution is 2.72. The van der Waals surface area contributed by atoms with Crippen molar-refractivity contribution in [2.45, 2.75) is 32.3 Å². The molecule has 1 aromatic carbocycles. The van der Waals surface area contributed by atoms with Crippen molar-refractivity contribution in [3.05, 3.63) is 29.3 Å². The molecule has 3 saturated carbocycles. The van der Waals surface area contributed by atoms with Crippen molar-refractivity contribution in [2.24, 2.45) is 29.6 Å². The molecule has 0 heterocycles. The van der Waals surface area contributed by atoms with Gasteiger partial charge in [-0.25, -0.2) is 0 Å². The van der Waals surface area contributed by atoms with Gasteiger partial charge in [-0.1, -0.05) is 6.07 Å². The number of methoxy groups -OCH3 is 1. The van der Waals surface area contributed by atoms with E-state index in [-0.39, 0.29) is 6.10 Å². The number of hydrogen-bond acceptors (Lipinski definition) is 2. The number of benzene rings is 1. The van der Waals surface area contributed by atoms with Gasteiger partial charge in [0, 0.05) is 0 Å². The lowest BCUT2D eigenvalue weighted by atomic mass is 9.94. The van der Waals surface area contributed by atoms with E-state index in [4.69, 9.17) is 4.74 Å². The Morgan fingerprint density at radius 3 is 2.47 bits per heavy atom. The summed E-state index contributed by atoms with van der Waals surface area (Å²) in [6, 6.07) is 6.12. The van der Waals surface area contributed by atoms with Gasteiger partial charge in [0.1, 0.15) is 5.75 Å². The van der Waals surface area contributed by atoms with Gasteiger partial charge in [-0.2, -0.15) is 0 Å². The van der Waals surface area contributed by atoms with Crippen LogP contribution in [-0.2, 0) is 0 Å². The van der Waals surface area contributed by atoms with Gasteiger partial charge in [-0.15, -0.1) is 0 Å². The molecule has 0 amide bonds. The molecule has 3 aliphatic rings. The van der Waals surface area contributed by atoms with E-state index in [1.165, 1.54) is 19.3 Å². The number of rotatable bonds is 3. The van der Waals surface area contributed by atoms with Gasteiger partial charge in [0.15, 0.2) is 0 Å². The number of aryl methyl sites for hydroxylation is 1. The molecule has 5 unspecified atom stereocenters. The Bertz CT molecular complexity index is 494. The minimum atomic E-state index is -0.261. The van der Waals surface area contributed by atoms with E-state index in [0.29, 0.717) is 5.92 Å². The van der Waals surface area contributed by atoms with E-state index < -0.39 is 0 Å². The summed E-state index contributed by atoms with van der Waals surface area (Å²) in [6.45, 7) is 2.05. The van der Waals surface area contributed by atoms with Crippen LogP contribution in [0.25, 0.3) is 0 Å². The van der Waals surface area contributed by atoms with Crippen molar-refractivity contribution in [1.29, 1.82) is 0 Å². The highest BCUT2D eigenvalue weighted by Gasteiger charge is 2.66. The van der Waals surface area contributed by atoms with Gasteiger partial charge in [0.25, 0.3) is 0 Å². The smallest absolute Gasteiger partial charge is 0.121 e. The van der Waals surface area contributed by atoms with Gasteiger partial charge in [0.05, 0.1) is 13.2 Å². The van der Waals surface area contributed by atoms with E-state index in [1.54, 1.807) is 7.11 Å². The highest BCUT2D eigenvalue weighted by atomic mass is 16.5. The fraction of sp³-hybridized carbons (Fsp3) is 0.647.